The van der Waals surface area contributed by atoms with Gasteiger partial charge in [-0.1, -0.05) is 23.7 Å². The largest absolute Gasteiger partial charge is 0.497 e. The molecule has 0 fully saturated rings. The summed E-state index contributed by atoms with van der Waals surface area (Å²) < 4.78 is 10.3. The van der Waals surface area contributed by atoms with E-state index in [4.69, 9.17) is 21.1 Å². The van der Waals surface area contributed by atoms with Crippen molar-refractivity contribution in [2.24, 2.45) is 0 Å². The highest BCUT2D eigenvalue weighted by Crippen LogP contribution is 2.36. The fourth-order valence-electron chi connectivity index (χ4n) is 2.97. The van der Waals surface area contributed by atoms with Gasteiger partial charge in [0.1, 0.15) is 16.3 Å². The number of carbonyl (C=O) groups excluding carboxylic acids is 3. The maximum absolute atomic E-state index is 12.6. The number of halogens is 1. The molecule has 178 valence electrons. The predicted molar refractivity (Wildman–Crippen MR) is 138 cm³/mol. The SMILES string of the molecule is CCOC(=O)c1c(-c2ccc(Cl)cc2)csc1NC(=O)CSCC(=O)Nc1ccc(OC)cc1. The molecule has 0 saturated carbocycles. The molecule has 0 bridgehead atoms. The second-order valence-corrected chi connectivity index (χ2v) is 9.20. The number of rotatable bonds is 10. The second-order valence-electron chi connectivity index (χ2n) is 6.90. The van der Waals surface area contributed by atoms with E-state index in [1.165, 1.54) is 23.1 Å². The van der Waals surface area contributed by atoms with Crippen LogP contribution in [0.2, 0.25) is 5.02 Å². The summed E-state index contributed by atoms with van der Waals surface area (Å²) in [6.45, 7) is 1.93. The molecule has 0 saturated heterocycles. The number of methoxy groups -OCH3 is 1. The summed E-state index contributed by atoms with van der Waals surface area (Å²) in [4.78, 5) is 37.3. The first-order chi connectivity index (χ1) is 16.4. The van der Waals surface area contributed by atoms with Crippen LogP contribution in [-0.4, -0.2) is 43.0 Å². The fraction of sp³-hybridized carbons (Fsp3) is 0.208. The molecule has 2 amide bonds. The van der Waals surface area contributed by atoms with E-state index >= 15 is 0 Å². The van der Waals surface area contributed by atoms with E-state index < -0.39 is 5.97 Å². The van der Waals surface area contributed by atoms with Crippen LogP contribution in [0.3, 0.4) is 0 Å². The van der Waals surface area contributed by atoms with E-state index in [0.717, 1.165) is 5.56 Å². The molecule has 2 N–H and O–H groups in total. The van der Waals surface area contributed by atoms with Gasteiger partial charge in [0.15, 0.2) is 0 Å². The zero-order valence-electron chi connectivity index (χ0n) is 18.6. The van der Waals surface area contributed by atoms with Crippen LogP contribution in [0.25, 0.3) is 11.1 Å². The van der Waals surface area contributed by atoms with Crippen LogP contribution in [0.4, 0.5) is 10.7 Å². The predicted octanol–water partition coefficient (Wildman–Crippen LogP) is 5.56. The number of carbonyl (C=O) groups is 3. The molecule has 3 aromatic rings. The highest BCUT2D eigenvalue weighted by Gasteiger charge is 2.23. The van der Waals surface area contributed by atoms with Crippen molar-refractivity contribution in [1.29, 1.82) is 0 Å². The Hall–Kier alpha value is -3.01. The number of ether oxygens (including phenoxy) is 2. The topological polar surface area (TPSA) is 93.7 Å². The third-order valence-corrected chi connectivity index (χ3v) is 6.60. The molecule has 1 aromatic heterocycles. The average Bonchev–Trinajstić information content (AvgIpc) is 3.23. The Morgan fingerprint density at radius 3 is 2.24 bits per heavy atom. The van der Waals surface area contributed by atoms with Gasteiger partial charge in [-0.25, -0.2) is 4.79 Å². The lowest BCUT2D eigenvalue weighted by Crippen LogP contribution is -2.19. The van der Waals surface area contributed by atoms with Crippen molar-refractivity contribution < 1.29 is 23.9 Å². The number of thioether (sulfide) groups is 1. The number of amides is 2. The third-order valence-electron chi connectivity index (χ3n) is 4.52. The second kappa shape index (κ2) is 12.5. The highest BCUT2D eigenvalue weighted by molar-refractivity contribution is 8.00. The number of hydrogen-bond acceptors (Lipinski definition) is 7. The molecule has 0 radical (unpaired) electrons. The summed E-state index contributed by atoms with van der Waals surface area (Å²) in [6, 6.07) is 14.0. The van der Waals surface area contributed by atoms with Gasteiger partial charge >= 0.3 is 5.97 Å². The maximum Gasteiger partial charge on any atom is 0.341 e. The summed E-state index contributed by atoms with van der Waals surface area (Å²) >= 11 is 8.38. The van der Waals surface area contributed by atoms with Crippen LogP contribution in [0.5, 0.6) is 5.75 Å². The average molecular weight is 519 g/mol. The molecule has 0 aliphatic rings. The van der Waals surface area contributed by atoms with E-state index in [2.05, 4.69) is 10.6 Å². The van der Waals surface area contributed by atoms with Crippen LogP contribution in [0.15, 0.2) is 53.9 Å². The molecule has 7 nitrogen and oxygen atoms in total. The van der Waals surface area contributed by atoms with Crippen molar-refractivity contribution in [1.82, 2.24) is 0 Å². The van der Waals surface area contributed by atoms with Gasteiger partial charge in [0, 0.05) is 21.7 Å². The first-order valence-electron chi connectivity index (χ1n) is 10.3. The summed E-state index contributed by atoms with van der Waals surface area (Å²) in [6.07, 6.45) is 0. The number of nitrogens with one attached hydrogen (secondary N) is 2. The van der Waals surface area contributed by atoms with Crippen molar-refractivity contribution in [3.63, 3.8) is 0 Å². The Bertz CT molecular complexity index is 1150. The van der Waals surface area contributed by atoms with Crippen molar-refractivity contribution >= 4 is 63.2 Å². The molecule has 0 atom stereocenters. The lowest BCUT2D eigenvalue weighted by molar-refractivity contribution is -0.114. The van der Waals surface area contributed by atoms with Gasteiger partial charge in [-0.2, -0.15) is 0 Å². The van der Waals surface area contributed by atoms with E-state index in [1.54, 1.807) is 67.9 Å². The summed E-state index contributed by atoms with van der Waals surface area (Å²) in [7, 11) is 1.57. The Labute approximate surface area is 210 Å². The fourth-order valence-corrected chi connectivity index (χ4v) is 4.69. The minimum absolute atomic E-state index is 0.0481. The quantitative estimate of drug-likeness (QED) is 0.341. The molecule has 0 unspecified atom stereocenters. The zero-order valence-corrected chi connectivity index (χ0v) is 20.9. The van der Waals surface area contributed by atoms with Gasteiger partial charge in [0.2, 0.25) is 11.8 Å². The first-order valence-corrected chi connectivity index (χ1v) is 12.7. The van der Waals surface area contributed by atoms with Crippen LogP contribution in [0.1, 0.15) is 17.3 Å². The Kier molecular flexibility index (Phi) is 9.38. The van der Waals surface area contributed by atoms with E-state index in [0.29, 0.717) is 32.6 Å². The number of benzene rings is 2. The molecule has 0 aliphatic carbocycles. The number of hydrogen-bond donors (Lipinski definition) is 2. The lowest BCUT2D eigenvalue weighted by Gasteiger charge is -2.09. The van der Waals surface area contributed by atoms with Gasteiger partial charge in [-0.05, 0) is 48.9 Å². The van der Waals surface area contributed by atoms with Gasteiger partial charge in [-0.15, -0.1) is 23.1 Å². The van der Waals surface area contributed by atoms with Crippen molar-refractivity contribution in [3.05, 3.63) is 64.5 Å². The summed E-state index contributed by atoms with van der Waals surface area (Å²) in [5.74, 6) is -0.222. The van der Waals surface area contributed by atoms with Gasteiger partial charge in [0.05, 0.1) is 25.2 Å². The van der Waals surface area contributed by atoms with Gasteiger partial charge in [0.25, 0.3) is 0 Å². The molecule has 2 aromatic carbocycles. The minimum atomic E-state index is -0.518. The van der Waals surface area contributed by atoms with Crippen molar-refractivity contribution in [2.45, 2.75) is 6.92 Å². The monoisotopic (exact) mass is 518 g/mol. The van der Waals surface area contributed by atoms with Crippen LogP contribution < -0.4 is 15.4 Å². The van der Waals surface area contributed by atoms with Crippen LogP contribution in [-0.2, 0) is 14.3 Å². The Balaban J connectivity index is 1.59. The van der Waals surface area contributed by atoms with Crippen molar-refractivity contribution in [3.8, 4) is 16.9 Å². The number of esters is 1. The van der Waals surface area contributed by atoms with Crippen LogP contribution >= 0.6 is 34.7 Å². The van der Waals surface area contributed by atoms with Crippen LogP contribution in [0, 0.1) is 0 Å². The molecule has 0 spiro atoms. The molecule has 0 aliphatic heterocycles. The maximum atomic E-state index is 12.6. The van der Waals surface area contributed by atoms with E-state index in [-0.39, 0.29) is 29.9 Å². The third kappa shape index (κ3) is 6.99. The Morgan fingerprint density at radius 2 is 1.62 bits per heavy atom. The lowest BCUT2D eigenvalue weighted by atomic mass is 10.0. The number of anilines is 2. The standard InChI is InChI=1S/C24H23ClN2O5S2/c1-3-32-24(30)22-19(15-4-6-16(25)7-5-15)12-34-23(22)27-21(29)14-33-13-20(28)26-17-8-10-18(31-2)11-9-17/h4-12H,3,13-14H2,1-2H3,(H,26,28)(H,27,29). The number of thiophene rings is 1. The normalized spacial score (nSPS) is 10.4. The van der Waals surface area contributed by atoms with E-state index in [1.807, 2.05) is 0 Å². The summed E-state index contributed by atoms with van der Waals surface area (Å²) in [5.41, 5.74) is 2.38. The molecule has 10 heteroatoms. The molecular formula is C24H23ClN2O5S2. The Morgan fingerprint density at radius 1 is 0.971 bits per heavy atom. The molecule has 3 rings (SSSR count). The van der Waals surface area contributed by atoms with E-state index in [9.17, 15) is 14.4 Å². The summed E-state index contributed by atoms with van der Waals surface area (Å²) in [5, 5.41) is 8.31. The minimum Gasteiger partial charge on any atom is -0.497 e. The first kappa shape index (κ1) is 25.6. The van der Waals surface area contributed by atoms with Gasteiger partial charge < -0.3 is 20.1 Å². The zero-order chi connectivity index (χ0) is 24.5. The van der Waals surface area contributed by atoms with Gasteiger partial charge in [-0.3, -0.25) is 9.59 Å². The molecular weight excluding hydrogens is 496 g/mol. The highest BCUT2D eigenvalue weighted by atomic mass is 35.5. The van der Waals surface area contributed by atoms with Crippen molar-refractivity contribution in [2.75, 3.05) is 35.9 Å². The molecule has 1 heterocycles. The smallest absolute Gasteiger partial charge is 0.341 e. The molecule has 34 heavy (non-hydrogen) atoms.